The summed E-state index contributed by atoms with van der Waals surface area (Å²) in [6.07, 6.45) is 3.43. The number of carbonyl (C=O) groups excluding carboxylic acids is 2. The predicted octanol–water partition coefficient (Wildman–Crippen LogP) is 4.64. The van der Waals surface area contributed by atoms with E-state index in [1.165, 1.54) is 12.1 Å². The van der Waals surface area contributed by atoms with Crippen molar-refractivity contribution in [2.24, 2.45) is 5.92 Å². The largest absolute Gasteiger partial charge is 0.463 e. The van der Waals surface area contributed by atoms with Crippen LogP contribution in [0.5, 0.6) is 0 Å². The van der Waals surface area contributed by atoms with Crippen molar-refractivity contribution in [3.63, 3.8) is 0 Å². The van der Waals surface area contributed by atoms with Crippen molar-refractivity contribution in [2.45, 2.75) is 20.8 Å². The van der Waals surface area contributed by atoms with Crippen LogP contribution in [0.3, 0.4) is 0 Å². The molecule has 0 spiro atoms. The van der Waals surface area contributed by atoms with Gasteiger partial charge in [-0.05, 0) is 44.0 Å². The fourth-order valence-corrected chi connectivity index (χ4v) is 3.72. The molecule has 0 saturated heterocycles. The maximum Gasteiger partial charge on any atom is 0.337 e. The van der Waals surface area contributed by atoms with Crippen LogP contribution >= 0.6 is 0 Å². The number of nitrogens with one attached hydrogen (secondary N) is 1. The number of esters is 2. The molecule has 1 aliphatic heterocycles. The average molecular weight is 463 g/mol. The van der Waals surface area contributed by atoms with E-state index >= 15 is 0 Å². The van der Waals surface area contributed by atoms with Crippen molar-refractivity contribution in [1.29, 1.82) is 0 Å². The van der Waals surface area contributed by atoms with Crippen LogP contribution in [0.1, 0.15) is 31.9 Å². The average Bonchev–Trinajstić information content (AvgIpc) is 2.83. The van der Waals surface area contributed by atoms with Crippen LogP contribution in [0.25, 0.3) is 11.8 Å². The van der Waals surface area contributed by atoms with Crippen molar-refractivity contribution >= 4 is 29.4 Å². The number of non-ortho nitro benzene ring substituents is 1. The number of carbonyl (C=O) groups is 2. The molecule has 176 valence electrons. The molecule has 0 aliphatic carbocycles. The number of allylic oxidation sites excluding steroid dienone is 2. The number of ether oxygens (including phenoxy) is 2. The summed E-state index contributed by atoms with van der Waals surface area (Å²) in [4.78, 5) is 36.5. The normalized spacial score (nSPS) is 15.8. The van der Waals surface area contributed by atoms with Crippen molar-refractivity contribution in [2.75, 3.05) is 13.2 Å². The van der Waals surface area contributed by atoms with Gasteiger partial charge in [-0.15, -0.1) is 0 Å². The Balaban J connectivity index is 2.15. The fraction of sp³-hybridized carbons (Fsp3) is 0.231. The molecule has 0 amide bonds. The first-order chi connectivity index (χ1) is 16.4. The minimum Gasteiger partial charge on any atom is -0.463 e. The maximum atomic E-state index is 13.2. The maximum absolute atomic E-state index is 13.2. The van der Waals surface area contributed by atoms with E-state index < -0.39 is 22.8 Å². The lowest BCUT2D eigenvalue weighted by Gasteiger charge is -2.30. The van der Waals surface area contributed by atoms with Crippen molar-refractivity contribution < 1.29 is 24.0 Å². The summed E-state index contributed by atoms with van der Waals surface area (Å²) < 4.78 is 10.6. The van der Waals surface area contributed by atoms with Gasteiger partial charge in [-0.25, -0.2) is 9.59 Å². The van der Waals surface area contributed by atoms with Gasteiger partial charge in [0.2, 0.25) is 0 Å². The highest BCUT2D eigenvalue weighted by Crippen LogP contribution is 2.36. The topological polar surface area (TPSA) is 108 Å². The summed E-state index contributed by atoms with van der Waals surface area (Å²) in [7, 11) is 0. The Bertz CT molecular complexity index is 1160. The van der Waals surface area contributed by atoms with Gasteiger partial charge >= 0.3 is 11.9 Å². The smallest absolute Gasteiger partial charge is 0.337 e. The molecule has 34 heavy (non-hydrogen) atoms. The Morgan fingerprint density at radius 2 is 1.56 bits per heavy atom. The third-order valence-corrected chi connectivity index (χ3v) is 5.25. The molecule has 2 aromatic rings. The molecule has 0 radical (unpaired) electrons. The van der Waals surface area contributed by atoms with Gasteiger partial charge in [0, 0.05) is 23.7 Å². The van der Waals surface area contributed by atoms with E-state index in [0.29, 0.717) is 22.5 Å². The standard InChI is InChI=1S/C26H26N2O6/c1-4-33-25(29)22-17(3)27-24(19-9-7-6-8-10-19)23(26(30)34-5-2)21(22)16-13-18-11-14-20(15-12-18)28(31)32/h6-16,21,27H,4-5H2,1-3H3/b16-13+. The Morgan fingerprint density at radius 3 is 2.12 bits per heavy atom. The monoisotopic (exact) mass is 462 g/mol. The molecule has 0 bridgehead atoms. The number of nitro benzene ring substituents is 1. The number of nitrogens with zero attached hydrogens (tertiary/aromatic N) is 1. The number of hydrogen-bond acceptors (Lipinski definition) is 7. The molecule has 8 nitrogen and oxygen atoms in total. The highest BCUT2D eigenvalue weighted by Gasteiger charge is 2.36. The minimum absolute atomic E-state index is 0.0274. The lowest BCUT2D eigenvalue weighted by atomic mass is 9.83. The van der Waals surface area contributed by atoms with Gasteiger partial charge in [0.1, 0.15) is 0 Å². The highest BCUT2D eigenvalue weighted by atomic mass is 16.6. The molecule has 1 N–H and O–H groups in total. The highest BCUT2D eigenvalue weighted by molar-refractivity contribution is 6.04. The van der Waals surface area contributed by atoms with Crippen LogP contribution in [0.4, 0.5) is 5.69 Å². The third-order valence-electron chi connectivity index (χ3n) is 5.25. The number of benzene rings is 2. The summed E-state index contributed by atoms with van der Waals surface area (Å²) >= 11 is 0. The van der Waals surface area contributed by atoms with Crippen LogP contribution in [0.15, 0.2) is 77.5 Å². The summed E-state index contributed by atoms with van der Waals surface area (Å²) in [5.74, 6) is -1.86. The number of nitro groups is 1. The molecule has 1 atom stereocenters. The molecule has 0 fully saturated rings. The molecule has 0 aromatic heterocycles. The van der Waals surface area contributed by atoms with Crippen LogP contribution in [0.2, 0.25) is 0 Å². The zero-order chi connectivity index (χ0) is 24.7. The minimum atomic E-state index is -0.759. The second-order valence-electron chi connectivity index (χ2n) is 7.44. The van der Waals surface area contributed by atoms with Crippen LogP contribution in [-0.2, 0) is 19.1 Å². The van der Waals surface area contributed by atoms with Crippen molar-refractivity contribution in [3.8, 4) is 0 Å². The lowest BCUT2D eigenvalue weighted by Crippen LogP contribution is -2.33. The first-order valence-corrected chi connectivity index (χ1v) is 10.9. The predicted molar refractivity (Wildman–Crippen MR) is 128 cm³/mol. The first-order valence-electron chi connectivity index (χ1n) is 10.9. The molecule has 0 saturated carbocycles. The van der Waals surface area contributed by atoms with Crippen LogP contribution in [0, 0.1) is 16.0 Å². The van der Waals surface area contributed by atoms with Gasteiger partial charge in [-0.2, -0.15) is 0 Å². The summed E-state index contributed by atoms with van der Waals surface area (Å²) in [5.41, 5.74) is 3.09. The quantitative estimate of drug-likeness (QED) is 0.346. The Hall–Kier alpha value is -4.20. The van der Waals surface area contributed by atoms with Gasteiger partial charge < -0.3 is 14.8 Å². The van der Waals surface area contributed by atoms with E-state index in [-0.39, 0.29) is 24.5 Å². The SMILES string of the molecule is CCOC(=O)C1=C(C)NC(c2ccccc2)=C(C(=O)OCC)C1/C=C/c1ccc([N+](=O)[O-])cc1. The van der Waals surface area contributed by atoms with E-state index in [2.05, 4.69) is 5.32 Å². The van der Waals surface area contributed by atoms with Gasteiger partial charge in [0.15, 0.2) is 0 Å². The molecule has 8 heteroatoms. The molecule has 2 aromatic carbocycles. The van der Waals surface area contributed by atoms with E-state index in [4.69, 9.17) is 9.47 Å². The van der Waals surface area contributed by atoms with Crippen LogP contribution in [-0.4, -0.2) is 30.1 Å². The zero-order valence-electron chi connectivity index (χ0n) is 19.2. The summed E-state index contributed by atoms with van der Waals surface area (Å²) in [6, 6.07) is 15.3. The van der Waals surface area contributed by atoms with E-state index in [0.717, 1.165) is 5.56 Å². The van der Waals surface area contributed by atoms with E-state index in [9.17, 15) is 19.7 Å². The van der Waals surface area contributed by atoms with Gasteiger partial charge in [-0.1, -0.05) is 42.5 Å². The third kappa shape index (κ3) is 5.40. The number of rotatable bonds is 8. The van der Waals surface area contributed by atoms with Gasteiger partial charge in [0.25, 0.3) is 5.69 Å². The number of hydrogen-bond donors (Lipinski definition) is 1. The molecule has 1 heterocycles. The molecule has 1 unspecified atom stereocenters. The Kier molecular flexibility index (Phi) is 7.97. The molecular formula is C26H26N2O6. The van der Waals surface area contributed by atoms with Crippen molar-refractivity contribution in [3.05, 3.63) is 98.8 Å². The zero-order valence-corrected chi connectivity index (χ0v) is 19.2. The fourth-order valence-electron chi connectivity index (χ4n) is 3.72. The first kappa shape index (κ1) is 24.4. The lowest BCUT2D eigenvalue weighted by molar-refractivity contribution is -0.384. The molecule has 1 aliphatic rings. The molecular weight excluding hydrogens is 436 g/mol. The summed E-state index contributed by atoms with van der Waals surface area (Å²) in [6.45, 7) is 5.53. The Morgan fingerprint density at radius 1 is 0.971 bits per heavy atom. The Labute approximate surface area is 197 Å². The van der Waals surface area contributed by atoms with E-state index in [1.807, 2.05) is 30.3 Å². The van der Waals surface area contributed by atoms with E-state index in [1.54, 1.807) is 45.1 Å². The number of dihydropyridines is 1. The van der Waals surface area contributed by atoms with Crippen molar-refractivity contribution in [1.82, 2.24) is 5.32 Å². The second-order valence-corrected chi connectivity index (χ2v) is 7.44. The second kappa shape index (κ2) is 11.1. The van der Waals surface area contributed by atoms with Gasteiger partial charge in [-0.3, -0.25) is 10.1 Å². The summed E-state index contributed by atoms with van der Waals surface area (Å²) in [5, 5.41) is 14.2. The van der Waals surface area contributed by atoms with Crippen LogP contribution < -0.4 is 5.32 Å². The molecule has 3 rings (SSSR count). The van der Waals surface area contributed by atoms with Gasteiger partial charge in [0.05, 0.1) is 35.0 Å².